The lowest BCUT2D eigenvalue weighted by Gasteiger charge is -2.33. The number of ether oxygens (including phenoxy) is 1. The van der Waals surface area contributed by atoms with Crippen LogP contribution in [0.2, 0.25) is 5.02 Å². The third-order valence-electron chi connectivity index (χ3n) is 5.21. The fourth-order valence-corrected chi connectivity index (χ4v) is 3.80. The normalized spacial score (nSPS) is 12.6. The zero-order valence-electron chi connectivity index (χ0n) is 21.0. The molecule has 36 heavy (non-hydrogen) atoms. The van der Waals surface area contributed by atoms with Crippen LogP contribution in [-0.4, -0.2) is 52.7 Å². The summed E-state index contributed by atoms with van der Waals surface area (Å²) in [5, 5.41) is 24.8. The zero-order chi connectivity index (χ0) is 27.0. The van der Waals surface area contributed by atoms with Crippen LogP contribution in [0.5, 0.6) is 0 Å². The monoisotopic (exact) mass is 514 g/mol. The van der Waals surface area contributed by atoms with Crippen molar-refractivity contribution in [2.45, 2.75) is 52.3 Å². The largest absolute Gasteiger partial charge is 0.444 e. The highest BCUT2D eigenvalue weighted by molar-refractivity contribution is 6.34. The predicted molar refractivity (Wildman–Crippen MR) is 136 cm³/mol. The highest BCUT2D eigenvalue weighted by Gasteiger charge is 2.37. The minimum atomic E-state index is -1.45. The van der Waals surface area contributed by atoms with Crippen LogP contribution in [-0.2, 0) is 14.3 Å². The zero-order valence-corrected chi connectivity index (χ0v) is 21.7. The summed E-state index contributed by atoms with van der Waals surface area (Å²) in [6.07, 6.45) is -0.921. The Morgan fingerprint density at radius 1 is 1.11 bits per heavy atom. The number of aliphatic hydroxyl groups excluding tert-OH is 1. The first kappa shape index (κ1) is 28.6. The Bertz CT molecular complexity index is 1140. The van der Waals surface area contributed by atoms with Gasteiger partial charge >= 0.3 is 6.09 Å². The van der Waals surface area contributed by atoms with Crippen molar-refractivity contribution in [2.75, 3.05) is 18.5 Å². The van der Waals surface area contributed by atoms with Gasteiger partial charge in [0.05, 0.1) is 23.4 Å². The van der Waals surface area contributed by atoms with Crippen molar-refractivity contribution in [2.24, 2.45) is 0 Å². The van der Waals surface area contributed by atoms with Crippen LogP contribution in [0.15, 0.2) is 42.5 Å². The molecule has 0 radical (unpaired) electrons. The molecule has 2 unspecified atom stereocenters. The second-order valence-corrected chi connectivity index (χ2v) is 9.59. The van der Waals surface area contributed by atoms with Crippen molar-refractivity contribution in [1.82, 2.24) is 10.2 Å². The summed E-state index contributed by atoms with van der Waals surface area (Å²) in [6.45, 7) is 7.24. The van der Waals surface area contributed by atoms with E-state index in [4.69, 9.17) is 16.3 Å². The number of aryl methyl sites for hydroxylation is 2. The van der Waals surface area contributed by atoms with E-state index in [9.17, 15) is 24.8 Å². The molecule has 0 saturated carbocycles. The summed E-state index contributed by atoms with van der Waals surface area (Å²) in [4.78, 5) is 40.5. The molecule has 2 aromatic rings. The number of carbonyl (C=O) groups excluding carboxylic acids is 3. The number of amides is 3. The molecule has 2 atom stereocenters. The van der Waals surface area contributed by atoms with Gasteiger partial charge in [-0.15, -0.1) is 0 Å². The third kappa shape index (κ3) is 7.44. The predicted octanol–water partition coefficient (Wildman–Crippen LogP) is 3.87. The van der Waals surface area contributed by atoms with Crippen molar-refractivity contribution in [3.05, 3.63) is 64.2 Å². The number of nitriles is 1. The number of alkyl carbamates (subject to hydrolysis) is 1. The second kappa shape index (κ2) is 12.4. The van der Waals surface area contributed by atoms with E-state index in [0.29, 0.717) is 27.4 Å². The molecule has 192 valence electrons. The van der Waals surface area contributed by atoms with Crippen molar-refractivity contribution in [3.8, 4) is 6.07 Å². The van der Waals surface area contributed by atoms with E-state index in [2.05, 4.69) is 10.6 Å². The van der Waals surface area contributed by atoms with E-state index in [0.717, 1.165) is 4.90 Å². The Morgan fingerprint density at radius 2 is 1.75 bits per heavy atom. The summed E-state index contributed by atoms with van der Waals surface area (Å²) < 4.78 is 5.19. The lowest BCUT2D eigenvalue weighted by Crippen LogP contribution is -2.54. The maximum Gasteiger partial charge on any atom is 0.408 e. The maximum atomic E-state index is 13.7. The second-order valence-electron chi connectivity index (χ2n) is 9.19. The number of para-hydroxylation sites is 1. The number of carbonyl (C=O) groups is 3. The first-order valence-electron chi connectivity index (χ1n) is 11.3. The van der Waals surface area contributed by atoms with E-state index < -0.39 is 48.7 Å². The number of hydrogen-bond donors (Lipinski definition) is 3. The maximum absolute atomic E-state index is 13.7. The van der Waals surface area contributed by atoms with Crippen LogP contribution >= 0.6 is 11.6 Å². The molecule has 0 saturated heterocycles. The molecule has 0 bridgehead atoms. The van der Waals surface area contributed by atoms with E-state index >= 15 is 0 Å². The summed E-state index contributed by atoms with van der Waals surface area (Å²) in [7, 11) is 0. The number of rotatable bonds is 8. The summed E-state index contributed by atoms with van der Waals surface area (Å²) >= 11 is 6.30. The first-order valence-corrected chi connectivity index (χ1v) is 11.7. The van der Waals surface area contributed by atoms with Gasteiger partial charge in [-0.2, -0.15) is 5.26 Å². The molecular weight excluding hydrogens is 484 g/mol. The van der Waals surface area contributed by atoms with Crippen LogP contribution in [0.3, 0.4) is 0 Å². The van der Waals surface area contributed by atoms with Gasteiger partial charge < -0.3 is 25.4 Å². The van der Waals surface area contributed by atoms with Gasteiger partial charge in [0.15, 0.2) is 0 Å². The summed E-state index contributed by atoms with van der Waals surface area (Å²) in [5.41, 5.74) is 1.41. The molecule has 9 nitrogen and oxygen atoms in total. The number of hydrogen-bond acceptors (Lipinski definition) is 6. The molecule has 2 rings (SSSR count). The lowest BCUT2D eigenvalue weighted by molar-refractivity contribution is -0.140. The van der Waals surface area contributed by atoms with Gasteiger partial charge in [0.2, 0.25) is 5.91 Å². The minimum absolute atomic E-state index is 0.310. The molecule has 0 aliphatic heterocycles. The van der Waals surface area contributed by atoms with Crippen molar-refractivity contribution in [1.29, 1.82) is 5.26 Å². The van der Waals surface area contributed by atoms with Crippen molar-refractivity contribution in [3.63, 3.8) is 0 Å². The van der Waals surface area contributed by atoms with Gasteiger partial charge in [0.25, 0.3) is 5.91 Å². The fourth-order valence-electron chi connectivity index (χ4n) is 3.53. The molecule has 0 fully saturated rings. The average Bonchev–Trinajstić information content (AvgIpc) is 2.79. The van der Waals surface area contributed by atoms with Gasteiger partial charge in [0, 0.05) is 0 Å². The average molecular weight is 515 g/mol. The first-order chi connectivity index (χ1) is 16.9. The Hall–Kier alpha value is -3.61. The summed E-state index contributed by atoms with van der Waals surface area (Å²) in [6, 6.07) is 11.3. The van der Waals surface area contributed by atoms with E-state index in [1.807, 2.05) is 6.07 Å². The molecular formula is C26H31ClN4O5. The van der Waals surface area contributed by atoms with Crippen LogP contribution in [0.25, 0.3) is 0 Å². The quantitative estimate of drug-likeness (QED) is 0.458. The Morgan fingerprint density at radius 3 is 2.31 bits per heavy atom. The standard InChI is InChI=1S/C26H31ClN4O5/c1-16-9-6-7-11-18(16)22(23(33)30-21-17(2)10-8-12-19(21)27)31(14-13-28)24(34)20(15-32)29-25(35)36-26(3,4)5/h6-12,20,22,32H,14-15H2,1-5H3,(H,29,35)(H,30,33). The molecule has 10 heteroatoms. The van der Waals surface area contributed by atoms with E-state index in [1.165, 1.54) is 0 Å². The minimum Gasteiger partial charge on any atom is -0.444 e. The number of benzene rings is 2. The SMILES string of the molecule is Cc1ccccc1C(C(=O)Nc1c(C)cccc1Cl)N(CC#N)C(=O)C(CO)NC(=O)OC(C)(C)C. The Kier molecular flexibility index (Phi) is 9.84. The highest BCUT2D eigenvalue weighted by Crippen LogP contribution is 2.30. The molecule has 3 amide bonds. The number of nitrogens with zero attached hydrogens (tertiary/aromatic N) is 2. The fraction of sp³-hybridized carbons (Fsp3) is 0.385. The van der Waals surface area contributed by atoms with Crippen LogP contribution in [0.1, 0.15) is 43.5 Å². The topological polar surface area (TPSA) is 132 Å². The number of aliphatic hydroxyl groups is 1. The number of anilines is 1. The third-order valence-corrected chi connectivity index (χ3v) is 5.52. The Balaban J connectivity index is 2.50. The lowest BCUT2D eigenvalue weighted by atomic mass is 9.98. The highest BCUT2D eigenvalue weighted by atomic mass is 35.5. The van der Waals surface area contributed by atoms with E-state index in [-0.39, 0.29) is 0 Å². The summed E-state index contributed by atoms with van der Waals surface area (Å²) in [5.74, 6) is -1.44. The molecule has 0 aromatic heterocycles. The van der Waals surface area contributed by atoms with Crippen LogP contribution in [0, 0.1) is 25.2 Å². The smallest absolute Gasteiger partial charge is 0.408 e. The van der Waals surface area contributed by atoms with Crippen LogP contribution < -0.4 is 10.6 Å². The van der Waals surface area contributed by atoms with Crippen molar-refractivity contribution >= 4 is 35.2 Å². The molecule has 0 aliphatic rings. The van der Waals surface area contributed by atoms with Gasteiger partial charge in [-0.3, -0.25) is 9.59 Å². The Labute approximate surface area is 216 Å². The molecule has 0 spiro atoms. The van der Waals surface area contributed by atoms with Gasteiger partial charge in [-0.25, -0.2) is 4.79 Å². The molecule has 0 aliphatic carbocycles. The van der Waals surface area contributed by atoms with E-state index in [1.54, 1.807) is 77.1 Å². The number of halogens is 1. The van der Waals surface area contributed by atoms with Gasteiger partial charge in [-0.05, 0) is 57.4 Å². The van der Waals surface area contributed by atoms with Gasteiger partial charge in [-0.1, -0.05) is 48.0 Å². The molecule has 0 heterocycles. The number of nitrogens with one attached hydrogen (secondary N) is 2. The van der Waals surface area contributed by atoms with Gasteiger partial charge in [0.1, 0.15) is 24.2 Å². The molecule has 3 N–H and O–H groups in total. The molecule has 2 aromatic carbocycles. The van der Waals surface area contributed by atoms with Crippen LogP contribution in [0.4, 0.5) is 10.5 Å². The van der Waals surface area contributed by atoms with Crippen molar-refractivity contribution < 1.29 is 24.2 Å².